The molecule has 0 bridgehead atoms. The summed E-state index contributed by atoms with van der Waals surface area (Å²) < 4.78 is 39.2. The van der Waals surface area contributed by atoms with Gasteiger partial charge in [0.05, 0.1) is 5.02 Å². The first-order valence-electron chi connectivity index (χ1n) is 4.09. The maximum absolute atomic E-state index is 11.9. The lowest BCUT2D eigenvalue weighted by Crippen LogP contribution is -2.17. The molecule has 1 aromatic rings. The van der Waals surface area contributed by atoms with Gasteiger partial charge in [0.25, 0.3) is 0 Å². The summed E-state index contributed by atoms with van der Waals surface area (Å²) >= 11 is 5.68. The second kappa shape index (κ2) is 5.03. The number of allylic oxidation sites excluding steroid dienone is 1. The predicted molar refractivity (Wildman–Crippen MR) is 53.2 cm³/mol. The fourth-order valence-corrected chi connectivity index (χ4v) is 1.22. The van der Waals surface area contributed by atoms with E-state index < -0.39 is 12.1 Å². The molecule has 86 valence electrons. The number of alkyl halides is 3. The summed E-state index contributed by atoms with van der Waals surface area (Å²) in [7, 11) is 0. The van der Waals surface area contributed by atoms with Crippen molar-refractivity contribution in [2.45, 2.75) is 6.36 Å². The number of benzene rings is 1. The van der Waals surface area contributed by atoms with Crippen molar-refractivity contribution in [1.82, 2.24) is 0 Å². The van der Waals surface area contributed by atoms with E-state index in [4.69, 9.17) is 11.6 Å². The van der Waals surface area contributed by atoms with Gasteiger partial charge in [-0.15, -0.1) is 13.2 Å². The maximum Gasteiger partial charge on any atom is 0.573 e. The van der Waals surface area contributed by atoms with Crippen LogP contribution in [0.5, 0.6) is 5.75 Å². The molecule has 0 heterocycles. The third kappa shape index (κ3) is 3.94. The van der Waals surface area contributed by atoms with Crippen LogP contribution in [0.15, 0.2) is 24.3 Å². The molecule has 0 fully saturated rings. The Morgan fingerprint density at radius 1 is 1.31 bits per heavy atom. The zero-order valence-corrected chi connectivity index (χ0v) is 8.55. The standard InChI is InChI=1S/C10H6ClF3O2/c11-9-6-8(16-10(12,13)14)4-3-7(9)2-1-5-15/h1-6H. The number of carbonyl (C=O) groups excluding carboxylic acids is 1. The van der Waals surface area contributed by atoms with Crippen molar-refractivity contribution in [3.8, 4) is 5.75 Å². The SMILES string of the molecule is O=CC=Cc1ccc(OC(F)(F)F)cc1Cl. The molecule has 16 heavy (non-hydrogen) atoms. The first-order valence-corrected chi connectivity index (χ1v) is 4.47. The van der Waals surface area contributed by atoms with E-state index in [1.54, 1.807) is 0 Å². The van der Waals surface area contributed by atoms with Gasteiger partial charge < -0.3 is 4.74 Å². The Bertz CT molecular complexity index is 413. The Balaban J connectivity index is 2.91. The molecule has 1 rings (SSSR count). The Morgan fingerprint density at radius 3 is 2.50 bits per heavy atom. The summed E-state index contributed by atoms with van der Waals surface area (Å²) in [6.07, 6.45) is -1.64. The van der Waals surface area contributed by atoms with Crippen LogP contribution in [0.4, 0.5) is 13.2 Å². The normalized spacial score (nSPS) is 11.8. The van der Waals surface area contributed by atoms with Gasteiger partial charge in [0.15, 0.2) is 0 Å². The summed E-state index contributed by atoms with van der Waals surface area (Å²) in [6.45, 7) is 0. The first-order chi connectivity index (χ1) is 7.42. The molecule has 0 aliphatic heterocycles. The van der Waals surface area contributed by atoms with Crippen LogP contribution >= 0.6 is 11.6 Å². The first kappa shape index (κ1) is 12.6. The fraction of sp³-hybridized carbons (Fsp3) is 0.100. The van der Waals surface area contributed by atoms with Gasteiger partial charge in [-0.25, -0.2) is 0 Å². The maximum atomic E-state index is 11.9. The number of ether oxygens (including phenoxy) is 1. The van der Waals surface area contributed by atoms with Gasteiger partial charge in [-0.3, -0.25) is 4.79 Å². The summed E-state index contributed by atoms with van der Waals surface area (Å²) in [5, 5.41) is 0.0693. The highest BCUT2D eigenvalue weighted by Gasteiger charge is 2.31. The van der Waals surface area contributed by atoms with E-state index in [0.29, 0.717) is 11.8 Å². The largest absolute Gasteiger partial charge is 0.573 e. The highest BCUT2D eigenvalue weighted by molar-refractivity contribution is 6.32. The molecule has 0 radical (unpaired) electrons. The molecule has 0 amide bonds. The Kier molecular flexibility index (Phi) is 3.95. The predicted octanol–water partition coefficient (Wildman–Crippen LogP) is 3.45. The minimum Gasteiger partial charge on any atom is -0.406 e. The monoisotopic (exact) mass is 250 g/mol. The fourth-order valence-electron chi connectivity index (χ4n) is 0.983. The van der Waals surface area contributed by atoms with E-state index in [2.05, 4.69) is 4.74 Å². The highest BCUT2D eigenvalue weighted by atomic mass is 35.5. The van der Waals surface area contributed by atoms with Gasteiger partial charge in [-0.1, -0.05) is 17.7 Å². The molecular weight excluding hydrogens is 245 g/mol. The van der Waals surface area contributed by atoms with Gasteiger partial charge in [-0.2, -0.15) is 0 Å². The molecule has 0 N–H and O–H groups in total. The molecule has 0 saturated heterocycles. The molecule has 2 nitrogen and oxygen atoms in total. The van der Waals surface area contributed by atoms with Crippen molar-refractivity contribution in [3.63, 3.8) is 0 Å². The molecule has 0 unspecified atom stereocenters. The van der Waals surface area contributed by atoms with E-state index in [-0.39, 0.29) is 5.02 Å². The van der Waals surface area contributed by atoms with E-state index >= 15 is 0 Å². The van der Waals surface area contributed by atoms with E-state index in [9.17, 15) is 18.0 Å². The van der Waals surface area contributed by atoms with Crippen molar-refractivity contribution in [2.75, 3.05) is 0 Å². The zero-order valence-electron chi connectivity index (χ0n) is 7.79. The molecule has 0 aliphatic carbocycles. The lowest BCUT2D eigenvalue weighted by atomic mass is 10.2. The van der Waals surface area contributed by atoms with Crippen molar-refractivity contribution >= 4 is 24.0 Å². The van der Waals surface area contributed by atoms with Crippen molar-refractivity contribution < 1.29 is 22.7 Å². The van der Waals surface area contributed by atoms with Crippen LogP contribution in [0.1, 0.15) is 5.56 Å². The van der Waals surface area contributed by atoms with Gasteiger partial charge >= 0.3 is 6.36 Å². The van der Waals surface area contributed by atoms with Gasteiger partial charge in [-0.05, 0) is 29.8 Å². The molecule has 0 aliphatic rings. The Labute approximate surface area is 94.3 Å². The molecule has 1 aromatic carbocycles. The van der Waals surface area contributed by atoms with Gasteiger partial charge in [0.2, 0.25) is 0 Å². The van der Waals surface area contributed by atoms with E-state index in [1.807, 2.05) is 0 Å². The van der Waals surface area contributed by atoms with E-state index in [0.717, 1.165) is 12.1 Å². The van der Waals surface area contributed by atoms with Crippen LogP contribution in [0.25, 0.3) is 6.08 Å². The zero-order chi connectivity index (χ0) is 12.2. The highest BCUT2D eigenvalue weighted by Crippen LogP contribution is 2.27. The number of halogens is 4. The van der Waals surface area contributed by atoms with E-state index in [1.165, 1.54) is 18.2 Å². The lowest BCUT2D eigenvalue weighted by molar-refractivity contribution is -0.274. The topological polar surface area (TPSA) is 26.3 Å². The van der Waals surface area contributed by atoms with Crippen molar-refractivity contribution in [2.24, 2.45) is 0 Å². The quantitative estimate of drug-likeness (QED) is 0.607. The van der Waals surface area contributed by atoms with Crippen LogP contribution in [0.2, 0.25) is 5.02 Å². The average molecular weight is 251 g/mol. The molecule has 0 aromatic heterocycles. The van der Waals surface area contributed by atoms with Crippen molar-refractivity contribution in [3.05, 3.63) is 34.9 Å². The Morgan fingerprint density at radius 2 is 2.00 bits per heavy atom. The summed E-state index contributed by atoms with van der Waals surface area (Å²) in [6, 6.07) is 3.47. The molecule has 6 heteroatoms. The molecular formula is C10H6ClF3O2. The van der Waals surface area contributed by atoms with Crippen LogP contribution in [0.3, 0.4) is 0 Å². The molecule has 0 spiro atoms. The number of hydrogen-bond donors (Lipinski definition) is 0. The van der Waals surface area contributed by atoms with Gasteiger partial charge in [0.1, 0.15) is 12.0 Å². The van der Waals surface area contributed by atoms with Crippen LogP contribution in [-0.4, -0.2) is 12.6 Å². The van der Waals surface area contributed by atoms with Crippen LogP contribution < -0.4 is 4.74 Å². The molecule has 0 saturated carbocycles. The summed E-state index contributed by atoms with van der Waals surface area (Å²) in [4.78, 5) is 10.0. The smallest absolute Gasteiger partial charge is 0.406 e. The van der Waals surface area contributed by atoms with Crippen LogP contribution in [0, 0.1) is 0 Å². The Hall–Kier alpha value is -1.49. The third-order valence-electron chi connectivity index (χ3n) is 1.56. The van der Waals surface area contributed by atoms with Gasteiger partial charge in [0, 0.05) is 0 Å². The van der Waals surface area contributed by atoms with Crippen molar-refractivity contribution in [1.29, 1.82) is 0 Å². The molecule has 0 atom stereocenters. The second-order valence-corrected chi connectivity index (χ2v) is 3.13. The number of aldehydes is 1. The lowest BCUT2D eigenvalue weighted by Gasteiger charge is -2.09. The summed E-state index contributed by atoms with van der Waals surface area (Å²) in [5.74, 6) is -0.402. The number of carbonyl (C=O) groups is 1. The minimum atomic E-state index is -4.75. The minimum absolute atomic E-state index is 0.0693. The third-order valence-corrected chi connectivity index (χ3v) is 1.89. The average Bonchev–Trinajstić information content (AvgIpc) is 2.14. The van der Waals surface area contributed by atoms with Crippen LogP contribution in [-0.2, 0) is 4.79 Å². The second-order valence-electron chi connectivity index (χ2n) is 2.73. The number of hydrogen-bond acceptors (Lipinski definition) is 2. The number of rotatable bonds is 3. The summed E-state index contributed by atoms with van der Waals surface area (Å²) in [5.41, 5.74) is 0.434.